The van der Waals surface area contributed by atoms with Crippen LogP contribution >= 0.6 is 11.6 Å². The van der Waals surface area contributed by atoms with Crippen LogP contribution in [-0.4, -0.2) is 20.3 Å². The molecular weight excluding hydrogens is 436 g/mol. The molecule has 0 saturated carbocycles. The molecule has 3 aromatic carbocycles. The van der Waals surface area contributed by atoms with Crippen LogP contribution in [0.1, 0.15) is 21.6 Å². The van der Waals surface area contributed by atoms with Crippen molar-refractivity contribution in [3.8, 4) is 5.69 Å². The molecule has 7 heteroatoms. The molecule has 1 N–H and O–H groups in total. The second-order valence-corrected chi connectivity index (χ2v) is 8.55. The van der Waals surface area contributed by atoms with Crippen molar-refractivity contribution in [3.05, 3.63) is 98.9 Å². The van der Waals surface area contributed by atoms with E-state index in [4.69, 9.17) is 11.6 Å². The summed E-state index contributed by atoms with van der Waals surface area (Å²) in [4.78, 5) is 27.1. The Morgan fingerprint density at radius 2 is 1.67 bits per heavy atom. The van der Waals surface area contributed by atoms with E-state index in [0.717, 1.165) is 22.0 Å². The number of nitrogens with one attached hydrogen (secondary N) is 1. The number of carbonyl (C=O) groups excluding carboxylic acids is 1. The second-order valence-electron chi connectivity index (χ2n) is 8.14. The highest BCUT2D eigenvalue weighted by Crippen LogP contribution is 2.30. The fourth-order valence-electron chi connectivity index (χ4n) is 4.10. The quantitative estimate of drug-likeness (QED) is 0.395. The summed E-state index contributed by atoms with van der Waals surface area (Å²) in [7, 11) is 1.82. The molecule has 0 aliphatic heterocycles. The van der Waals surface area contributed by atoms with E-state index >= 15 is 0 Å². The summed E-state index contributed by atoms with van der Waals surface area (Å²) in [6, 6.07) is 20.4. The fourth-order valence-corrected chi connectivity index (χ4v) is 4.38. The van der Waals surface area contributed by atoms with Crippen LogP contribution in [0.2, 0.25) is 5.02 Å². The SMILES string of the molecule is Cc1ccc(-n2nc(C(=O)Nc3ccc(C)cc3Cl)c3c4ccccc4n(C)c3c2=O)cc1. The molecule has 33 heavy (non-hydrogen) atoms. The average molecular weight is 457 g/mol. The Morgan fingerprint density at radius 3 is 2.39 bits per heavy atom. The van der Waals surface area contributed by atoms with Crippen molar-refractivity contribution in [3.63, 3.8) is 0 Å². The smallest absolute Gasteiger partial charge is 0.296 e. The van der Waals surface area contributed by atoms with Crippen LogP contribution in [-0.2, 0) is 7.05 Å². The number of halogens is 1. The molecule has 0 aliphatic carbocycles. The van der Waals surface area contributed by atoms with Gasteiger partial charge in [0.05, 0.1) is 16.4 Å². The van der Waals surface area contributed by atoms with Crippen molar-refractivity contribution in [1.29, 1.82) is 0 Å². The van der Waals surface area contributed by atoms with Gasteiger partial charge in [0.2, 0.25) is 0 Å². The summed E-state index contributed by atoms with van der Waals surface area (Å²) in [5, 5.41) is 9.15. The minimum absolute atomic E-state index is 0.151. The van der Waals surface area contributed by atoms with Crippen molar-refractivity contribution < 1.29 is 4.79 Å². The van der Waals surface area contributed by atoms with Crippen molar-refractivity contribution in [1.82, 2.24) is 14.3 Å². The molecular formula is C26H21ClN4O2. The average Bonchev–Trinajstić information content (AvgIpc) is 3.10. The third-order valence-corrected chi connectivity index (χ3v) is 6.12. The molecule has 0 unspecified atom stereocenters. The maximum Gasteiger partial charge on any atom is 0.296 e. The number of fused-ring (bicyclic) bond motifs is 3. The van der Waals surface area contributed by atoms with Gasteiger partial charge >= 0.3 is 0 Å². The highest BCUT2D eigenvalue weighted by Gasteiger charge is 2.24. The van der Waals surface area contributed by atoms with Gasteiger partial charge in [0.1, 0.15) is 5.52 Å². The van der Waals surface area contributed by atoms with Gasteiger partial charge in [0, 0.05) is 23.3 Å². The van der Waals surface area contributed by atoms with Crippen LogP contribution in [0.15, 0.2) is 71.5 Å². The van der Waals surface area contributed by atoms with Crippen LogP contribution < -0.4 is 10.9 Å². The summed E-state index contributed by atoms with van der Waals surface area (Å²) >= 11 is 6.35. The molecule has 5 rings (SSSR count). The number of rotatable bonds is 3. The minimum atomic E-state index is -0.442. The predicted octanol–water partition coefficient (Wildman–Crippen LogP) is 5.40. The Kier molecular flexibility index (Phi) is 5.02. The molecule has 2 heterocycles. The molecule has 0 bridgehead atoms. The van der Waals surface area contributed by atoms with E-state index in [1.54, 1.807) is 12.1 Å². The summed E-state index contributed by atoms with van der Waals surface area (Å²) in [6.45, 7) is 3.90. The standard InChI is InChI=1S/C26H21ClN4O2/c1-15-8-11-17(12-9-15)31-26(33)24-22(18-6-4-5-7-21(18)30(24)3)23(29-31)25(32)28-20-13-10-16(2)14-19(20)27/h4-14H,1-3H3,(H,28,32). The normalized spacial score (nSPS) is 11.3. The lowest BCUT2D eigenvalue weighted by atomic mass is 10.1. The zero-order valence-electron chi connectivity index (χ0n) is 18.4. The van der Waals surface area contributed by atoms with E-state index in [2.05, 4.69) is 10.4 Å². The number of para-hydroxylation sites is 1. The Hall–Kier alpha value is -3.90. The maximum atomic E-state index is 13.6. The van der Waals surface area contributed by atoms with Crippen molar-refractivity contribution in [2.75, 3.05) is 5.32 Å². The molecule has 0 spiro atoms. The molecule has 0 radical (unpaired) electrons. The zero-order valence-corrected chi connectivity index (χ0v) is 19.1. The van der Waals surface area contributed by atoms with Gasteiger partial charge in [-0.3, -0.25) is 9.59 Å². The van der Waals surface area contributed by atoms with Crippen LogP contribution in [0.4, 0.5) is 5.69 Å². The number of amides is 1. The number of hydrogen-bond acceptors (Lipinski definition) is 3. The minimum Gasteiger partial charge on any atom is -0.339 e. The maximum absolute atomic E-state index is 13.6. The first-order valence-electron chi connectivity index (χ1n) is 10.5. The van der Waals surface area contributed by atoms with Crippen molar-refractivity contribution in [2.24, 2.45) is 7.05 Å². The summed E-state index contributed by atoms with van der Waals surface area (Å²) in [5.74, 6) is -0.442. The van der Waals surface area contributed by atoms with Gasteiger partial charge in [-0.25, -0.2) is 0 Å². The van der Waals surface area contributed by atoms with Gasteiger partial charge in [0.15, 0.2) is 5.69 Å². The number of benzene rings is 3. The molecule has 0 atom stereocenters. The van der Waals surface area contributed by atoms with E-state index in [-0.39, 0.29) is 11.3 Å². The van der Waals surface area contributed by atoms with Crippen LogP contribution in [0.3, 0.4) is 0 Å². The summed E-state index contributed by atoms with van der Waals surface area (Å²) < 4.78 is 3.10. The van der Waals surface area contributed by atoms with Gasteiger partial charge < -0.3 is 9.88 Å². The molecule has 1 amide bonds. The van der Waals surface area contributed by atoms with Crippen molar-refractivity contribution in [2.45, 2.75) is 13.8 Å². The molecule has 2 aromatic heterocycles. The first-order chi connectivity index (χ1) is 15.8. The number of aryl methyl sites for hydroxylation is 3. The summed E-state index contributed by atoms with van der Waals surface area (Å²) in [6.07, 6.45) is 0. The Morgan fingerprint density at radius 1 is 0.970 bits per heavy atom. The second kappa shape index (κ2) is 7.90. The number of aromatic nitrogens is 3. The highest BCUT2D eigenvalue weighted by molar-refractivity contribution is 6.34. The molecule has 0 saturated heterocycles. The van der Waals surface area contributed by atoms with Gasteiger partial charge in [-0.2, -0.15) is 9.78 Å². The van der Waals surface area contributed by atoms with E-state index in [0.29, 0.717) is 27.3 Å². The first kappa shape index (κ1) is 21.0. The monoisotopic (exact) mass is 456 g/mol. The lowest BCUT2D eigenvalue weighted by molar-refractivity contribution is 0.102. The Balaban J connectivity index is 1.80. The largest absolute Gasteiger partial charge is 0.339 e. The van der Waals surface area contributed by atoms with Crippen LogP contribution in [0.5, 0.6) is 0 Å². The molecule has 164 valence electrons. The van der Waals surface area contributed by atoms with Gasteiger partial charge in [-0.05, 0) is 49.7 Å². The van der Waals surface area contributed by atoms with E-state index in [9.17, 15) is 9.59 Å². The highest BCUT2D eigenvalue weighted by atomic mass is 35.5. The van der Waals surface area contributed by atoms with E-state index in [1.165, 1.54) is 4.68 Å². The number of carbonyl (C=O) groups is 1. The summed E-state index contributed by atoms with van der Waals surface area (Å²) in [5.41, 5.74) is 4.22. The first-order valence-corrected chi connectivity index (χ1v) is 10.9. The fraction of sp³-hybridized carbons (Fsp3) is 0.115. The predicted molar refractivity (Wildman–Crippen MR) is 133 cm³/mol. The van der Waals surface area contributed by atoms with Crippen molar-refractivity contribution >= 4 is 45.0 Å². The number of nitrogens with zero attached hydrogens (tertiary/aromatic N) is 3. The third kappa shape index (κ3) is 3.49. The number of hydrogen-bond donors (Lipinski definition) is 1. The zero-order chi connectivity index (χ0) is 23.3. The van der Waals surface area contributed by atoms with Crippen LogP contribution in [0.25, 0.3) is 27.5 Å². The molecule has 0 aliphatic rings. The third-order valence-electron chi connectivity index (χ3n) is 5.81. The topological polar surface area (TPSA) is 68.9 Å². The molecule has 6 nitrogen and oxygen atoms in total. The Bertz CT molecular complexity index is 1610. The number of anilines is 1. The van der Waals surface area contributed by atoms with E-state index in [1.807, 2.05) is 80.1 Å². The lowest BCUT2D eigenvalue weighted by Crippen LogP contribution is -2.27. The van der Waals surface area contributed by atoms with Crippen LogP contribution in [0, 0.1) is 13.8 Å². The molecule has 5 aromatic rings. The molecule has 0 fully saturated rings. The van der Waals surface area contributed by atoms with Gasteiger partial charge in [-0.15, -0.1) is 0 Å². The van der Waals surface area contributed by atoms with Gasteiger partial charge in [-0.1, -0.05) is 53.6 Å². The Labute approximate surface area is 195 Å². The lowest BCUT2D eigenvalue weighted by Gasteiger charge is -2.12. The van der Waals surface area contributed by atoms with Gasteiger partial charge in [0.25, 0.3) is 11.5 Å². The van der Waals surface area contributed by atoms with E-state index < -0.39 is 5.91 Å².